The number of ether oxygens (including phenoxy) is 2. The molecule has 0 amide bonds. The van der Waals surface area contributed by atoms with E-state index >= 15 is 0 Å². The average Bonchev–Trinajstić information content (AvgIpc) is 3.71. The number of esters is 1. The molecule has 1 aliphatic heterocycles. The van der Waals surface area contributed by atoms with Crippen molar-refractivity contribution in [3.05, 3.63) is 100 Å². The highest BCUT2D eigenvalue weighted by atomic mass is 16.6. The van der Waals surface area contributed by atoms with Crippen LogP contribution >= 0.6 is 0 Å². The van der Waals surface area contributed by atoms with Crippen LogP contribution in [0.3, 0.4) is 0 Å². The van der Waals surface area contributed by atoms with E-state index in [4.69, 9.17) is 18.3 Å². The van der Waals surface area contributed by atoms with E-state index in [9.17, 15) is 9.59 Å². The average molecular weight is 559 g/mol. The molecule has 2 aromatic heterocycles. The Morgan fingerprint density at radius 2 is 1.88 bits per heavy atom. The van der Waals surface area contributed by atoms with Gasteiger partial charge in [-0.3, -0.25) is 0 Å². The number of aromatic amines is 1. The van der Waals surface area contributed by atoms with Crippen LogP contribution in [0.25, 0.3) is 22.5 Å². The van der Waals surface area contributed by atoms with Gasteiger partial charge in [0.15, 0.2) is 23.8 Å². The molecule has 2 aromatic carbocycles. The maximum atomic E-state index is 13.3. The molecule has 1 atom stereocenters. The fourth-order valence-electron chi connectivity index (χ4n) is 4.67. The minimum Gasteiger partial charge on any atom is -0.453 e. The molecule has 12 heteroatoms. The van der Waals surface area contributed by atoms with Gasteiger partial charge in [-0.1, -0.05) is 55.1 Å². The van der Waals surface area contributed by atoms with Crippen molar-refractivity contribution in [2.45, 2.75) is 39.6 Å². The number of nitrogens with one attached hydrogen (secondary N) is 2. The summed E-state index contributed by atoms with van der Waals surface area (Å²) in [4.78, 5) is 26.6. The molecule has 0 bridgehead atoms. The number of rotatable bonds is 11. The highest BCUT2D eigenvalue weighted by molar-refractivity contribution is 5.88. The van der Waals surface area contributed by atoms with Crippen LogP contribution in [0.2, 0.25) is 0 Å². The quantitative estimate of drug-likeness (QED) is 0.205. The van der Waals surface area contributed by atoms with Gasteiger partial charge in [0.1, 0.15) is 5.70 Å². The first kappa shape index (κ1) is 27.6. The number of aromatic nitrogens is 4. The van der Waals surface area contributed by atoms with E-state index in [1.807, 2.05) is 67.3 Å². The van der Waals surface area contributed by atoms with Gasteiger partial charge in [0.05, 0.1) is 6.61 Å². The molecule has 12 nitrogen and oxygen atoms in total. The molecule has 5 rings (SSSR count). The first-order chi connectivity index (χ1) is 19.8. The molecule has 0 saturated heterocycles. The van der Waals surface area contributed by atoms with E-state index in [1.165, 1.54) is 0 Å². The second-order valence-electron chi connectivity index (χ2n) is 9.53. The van der Waals surface area contributed by atoms with Crippen LogP contribution in [0.15, 0.2) is 86.2 Å². The van der Waals surface area contributed by atoms with Crippen LogP contribution in [-0.2, 0) is 27.4 Å². The van der Waals surface area contributed by atoms with Crippen molar-refractivity contribution in [3.8, 4) is 22.5 Å². The number of carbonyl (C=O) groups is 1. The summed E-state index contributed by atoms with van der Waals surface area (Å²) in [6, 6.07) is 15.8. The summed E-state index contributed by atoms with van der Waals surface area (Å²) in [6.07, 6.45) is 1.60. The summed E-state index contributed by atoms with van der Waals surface area (Å²) in [5.74, 6) is -0.539. The van der Waals surface area contributed by atoms with Gasteiger partial charge in [0.2, 0.25) is 5.82 Å². The van der Waals surface area contributed by atoms with Gasteiger partial charge in [-0.25, -0.2) is 9.59 Å². The minimum absolute atomic E-state index is 0.152. The smallest absolute Gasteiger partial charge is 0.453 e. The van der Waals surface area contributed by atoms with Crippen molar-refractivity contribution in [1.82, 2.24) is 30.8 Å². The maximum Gasteiger partial charge on any atom is 0.519 e. The Kier molecular flexibility index (Phi) is 7.83. The highest BCUT2D eigenvalue weighted by Gasteiger charge is 2.45. The van der Waals surface area contributed by atoms with Crippen molar-refractivity contribution in [2.75, 3.05) is 13.2 Å². The number of nitrogens with zero attached hydrogens (tertiary/aromatic N) is 4. The Bertz CT molecular complexity index is 1620. The second-order valence-corrected chi connectivity index (χ2v) is 9.53. The molecule has 4 aromatic rings. The van der Waals surface area contributed by atoms with Gasteiger partial charge < -0.3 is 28.5 Å². The lowest BCUT2D eigenvalue weighted by Crippen LogP contribution is -2.56. The predicted octanol–water partition coefficient (Wildman–Crippen LogP) is 3.69. The van der Waals surface area contributed by atoms with E-state index in [0.717, 1.165) is 27.8 Å². The van der Waals surface area contributed by atoms with Crippen molar-refractivity contribution < 1.29 is 23.1 Å². The number of H-pyrrole nitrogens is 1. The number of carbonyl (C=O) groups excluding carboxylic acids is 1. The normalized spacial score (nSPS) is 16.4. The Labute approximate surface area is 235 Å². The van der Waals surface area contributed by atoms with Crippen molar-refractivity contribution >= 4 is 5.97 Å². The standard InChI is InChI=1S/C29H30N6O6/c1-5-38-17-29(18(2)3)30-14-24(27(36)39-16-25-19(4)40-28(37)41-25)35(29)15-20-10-12-21(13-11-20)22-8-6-7-9-23(22)26-31-33-34-32-26/h6-14,30H,2,5,15-17H2,1,3-4H3,(H,31,32,33,34). The maximum absolute atomic E-state index is 13.3. The lowest BCUT2D eigenvalue weighted by atomic mass is 9.97. The largest absolute Gasteiger partial charge is 0.519 e. The molecule has 0 saturated carbocycles. The SMILES string of the molecule is C=C(C)C1(COCC)NC=C(C(=O)OCc2oc(=O)oc2C)N1Cc1ccc(-c2ccccc2-c2nn[nH]n2)cc1. The minimum atomic E-state index is -0.883. The third-order valence-electron chi connectivity index (χ3n) is 6.92. The van der Waals surface area contributed by atoms with Crippen LogP contribution in [0.4, 0.5) is 0 Å². The number of tetrazole rings is 1. The van der Waals surface area contributed by atoms with Gasteiger partial charge >= 0.3 is 11.8 Å². The van der Waals surface area contributed by atoms with Gasteiger partial charge in [-0.15, -0.1) is 10.2 Å². The third kappa shape index (κ3) is 5.54. The molecule has 2 N–H and O–H groups in total. The van der Waals surface area contributed by atoms with E-state index in [2.05, 4.69) is 32.5 Å². The molecule has 41 heavy (non-hydrogen) atoms. The first-order valence-corrected chi connectivity index (χ1v) is 13.0. The zero-order chi connectivity index (χ0) is 29.0. The van der Waals surface area contributed by atoms with E-state index in [1.54, 1.807) is 13.1 Å². The number of hydrogen-bond acceptors (Lipinski definition) is 11. The number of hydrogen-bond donors (Lipinski definition) is 2. The van der Waals surface area contributed by atoms with Gasteiger partial charge in [-0.05, 0) is 48.2 Å². The van der Waals surface area contributed by atoms with Crippen LogP contribution in [-0.4, -0.2) is 50.4 Å². The summed E-state index contributed by atoms with van der Waals surface area (Å²) in [7, 11) is 0. The van der Waals surface area contributed by atoms with Crippen LogP contribution in [0, 0.1) is 6.92 Å². The van der Waals surface area contributed by atoms with Gasteiger partial charge in [0, 0.05) is 24.9 Å². The fraction of sp³-hybridized carbons (Fsp3) is 0.276. The summed E-state index contributed by atoms with van der Waals surface area (Å²) >= 11 is 0. The Balaban J connectivity index is 1.41. The summed E-state index contributed by atoms with van der Waals surface area (Å²) in [6.45, 7) is 10.4. The molecule has 0 aliphatic carbocycles. The molecule has 1 aliphatic rings. The van der Waals surface area contributed by atoms with E-state index in [0.29, 0.717) is 19.0 Å². The van der Waals surface area contributed by atoms with Gasteiger partial charge in [-0.2, -0.15) is 5.21 Å². The van der Waals surface area contributed by atoms with E-state index < -0.39 is 17.5 Å². The third-order valence-corrected chi connectivity index (χ3v) is 6.92. The molecule has 0 radical (unpaired) electrons. The predicted molar refractivity (Wildman–Crippen MR) is 148 cm³/mol. The lowest BCUT2D eigenvalue weighted by molar-refractivity contribution is -0.143. The summed E-state index contributed by atoms with van der Waals surface area (Å²) < 4.78 is 21.2. The fourth-order valence-corrected chi connectivity index (χ4v) is 4.67. The lowest BCUT2D eigenvalue weighted by Gasteiger charge is -2.41. The van der Waals surface area contributed by atoms with E-state index in [-0.39, 0.29) is 30.4 Å². The molecule has 0 spiro atoms. The molecular formula is C29H30N6O6. The zero-order valence-corrected chi connectivity index (χ0v) is 23.0. The van der Waals surface area contributed by atoms with Crippen molar-refractivity contribution in [1.29, 1.82) is 0 Å². The Morgan fingerprint density at radius 3 is 2.51 bits per heavy atom. The van der Waals surface area contributed by atoms with Crippen LogP contribution in [0.5, 0.6) is 0 Å². The number of benzene rings is 2. The second kappa shape index (κ2) is 11.6. The zero-order valence-electron chi connectivity index (χ0n) is 23.0. The first-order valence-electron chi connectivity index (χ1n) is 13.0. The Morgan fingerprint density at radius 1 is 1.12 bits per heavy atom. The van der Waals surface area contributed by atoms with Crippen molar-refractivity contribution in [3.63, 3.8) is 0 Å². The molecule has 3 heterocycles. The summed E-state index contributed by atoms with van der Waals surface area (Å²) in [5.41, 5.74) is 3.88. The molecular weight excluding hydrogens is 528 g/mol. The monoisotopic (exact) mass is 558 g/mol. The van der Waals surface area contributed by atoms with Crippen molar-refractivity contribution in [2.24, 2.45) is 0 Å². The molecule has 1 unspecified atom stereocenters. The Hall–Kier alpha value is -4.97. The molecule has 0 fully saturated rings. The molecule has 212 valence electrons. The topological polar surface area (TPSA) is 149 Å². The highest BCUT2D eigenvalue weighted by Crippen LogP contribution is 2.34. The van der Waals surface area contributed by atoms with Crippen LogP contribution < -0.4 is 11.1 Å². The summed E-state index contributed by atoms with van der Waals surface area (Å²) in [5, 5.41) is 17.7. The van der Waals surface area contributed by atoms with Gasteiger partial charge in [0.25, 0.3) is 0 Å². The number of aryl methyl sites for hydroxylation is 1. The van der Waals surface area contributed by atoms with Crippen LogP contribution in [0.1, 0.15) is 30.9 Å².